The Bertz CT molecular complexity index is 365. The van der Waals surface area contributed by atoms with Gasteiger partial charge in [-0.15, -0.1) is 0 Å². The number of anilines is 1. The largest absolute Gasteiger partial charge is 0.508 e. The number of hydrogen-bond donors (Lipinski definition) is 2. The van der Waals surface area contributed by atoms with Gasteiger partial charge in [-0.25, -0.2) is 0 Å². The number of fused-ring (bicyclic) bond motifs is 1. The van der Waals surface area contributed by atoms with E-state index in [1.54, 1.807) is 6.07 Å². The third-order valence-electron chi connectivity index (χ3n) is 3.37. The smallest absolute Gasteiger partial charge is 0.121 e. The summed E-state index contributed by atoms with van der Waals surface area (Å²) in [5.41, 5.74) is 2.24. The van der Waals surface area contributed by atoms with Gasteiger partial charge < -0.3 is 15.3 Å². The van der Waals surface area contributed by atoms with Crippen LogP contribution in [0.2, 0.25) is 0 Å². The zero-order chi connectivity index (χ0) is 11.0. The SMILES string of the molecule is CNC(C)C1CN(C)c2cccc(O)c21. The monoisotopic (exact) mass is 206 g/mol. The predicted molar refractivity (Wildman–Crippen MR) is 62.6 cm³/mol. The van der Waals surface area contributed by atoms with Crippen molar-refractivity contribution < 1.29 is 5.11 Å². The molecule has 15 heavy (non-hydrogen) atoms. The topological polar surface area (TPSA) is 35.5 Å². The molecule has 2 N–H and O–H groups in total. The molecule has 3 heteroatoms. The van der Waals surface area contributed by atoms with Gasteiger partial charge in [0, 0.05) is 36.8 Å². The molecule has 0 saturated carbocycles. The van der Waals surface area contributed by atoms with Crippen LogP contribution in [0.5, 0.6) is 5.75 Å². The number of nitrogens with zero attached hydrogens (tertiary/aromatic N) is 1. The minimum Gasteiger partial charge on any atom is -0.508 e. The Kier molecular flexibility index (Phi) is 2.57. The Morgan fingerprint density at radius 3 is 2.93 bits per heavy atom. The molecule has 0 aliphatic carbocycles. The molecule has 1 aromatic carbocycles. The summed E-state index contributed by atoms with van der Waals surface area (Å²) in [5.74, 6) is 0.792. The lowest BCUT2D eigenvalue weighted by Crippen LogP contribution is -2.31. The van der Waals surface area contributed by atoms with E-state index in [0.717, 1.165) is 17.8 Å². The van der Waals surface area contributed by atoms with Crippen molar-refractivity contribution in [1.82, 2.24) is 5.32 Å². The summed E-state index contributed by atoms with van der Waals surface area (Å²) >= 11 is 0. The third kappa shape index (κ3) is 1.57. The highest BCUT2D eigenvalue weighted by Gasteiger charge is 2.32. The van der Waals surface area contributed by atoms with E-state index in [0.29, 0.717) is 17.7 Å². The van der Waals surface area contributed by atoms with E-state index in [1.807, 2.05) is 13.1 Å². The molecular formula is C12H18N2O. The molecule has 1 aliphatic rings. The van der Waals surface area contributed by atoms with Gasteiger partial charge in [0.15, 0.2) is 0 Å². The van der Waals surface area contributed by atoms with Crippen LogP contribution in [0.15, 0.2) is 18.2 Å². The lowest BCUT2D eigenvalue weighted by atomic mass is 9.94. The van der Waals surface area contributed by atoms with Crippen molar-refractivity contribution in [2.24, 2.45) is 0 Å². The van der Waals surface area contributed by atoms with Crippen molar-refractivity contribution in [3.05, 3.63) is 23.8 Å². The van der Waals surface area contributed by atoms with Crippen molar-refractivity contribution in [1.29, 1.82) is 0 Å². The molecule has 2 unspecified atom stereocenters. The normalized spacial score (nSPS) is 21.5. The number of phenolic OH excluding ortho intramolecular Hbond substituents is 1. The summed E-state index contributed by atoms with van der Waals surface area (Å²) in [6.45, 7) is 3.12. The fraction of sp³-hybridized carbons (Fsp3) is 0.500. The van der Waals surface area contributed by atoms with Crippen molar-refractivity contribution in [3.63, 3.8) is 0 Å². The molecule has 0 fully saturated rings. The number of phenols is 1. The summed E-state index contributed by atoms with van der Waals surface area (Å²) in [6, 6.07) is 6.11. The Balaban J connectivity index is 2.44. The van der Waals surface area contributed by atoms with Crippen LogP contribution >= 0.6 is 0 Å². The molecule has 0 bridgehead atoms. The Morgan fingerprint density at radius 2 is 2.27 bits per heavy atom. The third-order valence-corrected chi connectivity index (χ3v) is 3.37. The average Bonchev–Trinajstić information content (AvgIpc) is 2.57. The summed E-state index contributed by atoms with van der Waals surface area (Å²) < 4.78 is 0. The molecule has 1 heterocycles. The van der Waals surface area contributed by atoms with Gasteiger partial charge in [0.25, 0.3) is 0 Å². The number of benzene rings is 1. The Hall–Kier alpha value is -1.22. The van der Waals surface area contributed by atoms with Crippen molar-refractivity contribution in [2.75, 3.05) is 25.5 Å². The molecule has 0 radical (unpaired) electrons. The number of aromatic hydroxyl groups is 1. The highest BCUT2D eigenvalue weighted by Crippen LogP contribution is 2.42. The van der Waals surface area contributed by atoms with E-state index in [-0.39, 0.29) is 0 Å². The predicted octanol–water partition coefficient (Wildman–Crippen LogP) is 1.53. The van der Waals surface area contributed by atoms with Crippen LogP contribution in [0.3, 0.4) is 0 Å². The van der Waals surface area contributed by atoms with E-state index < -0.39 is 0 Å². The zero-order valence-electron chi connectivity index (χ0n) is 9.49. The van der Waals surface area contributed by atoms with E-state index in [9.17, 15) is 5.11 Å². The number of likely N-dealkylation sites (N-methyl/N-ethyl adjacent to an activating group) is 2. The van der Waals surface area contributed by atoms with Gasteiger partial charge >= 0.3 is 0 Å². The molecule has 3 nitrogen and oxygen atoms in total. The number of rotatable bonds is 2. The fourth-order valence-electron chi connectivity index (χ4n) is 2.35. The van der Waals surface area contributed by atoms with Crippen LogP contribution in [0.25, 0.3) is 0 Å². The highest BCUT2D eigenvalue weighted by atomic mass is 16.3. The molecule has 2 rings (SSSR count). The molecule has 2 atom stereocenters. The first-order valence-corrected chi connectivity index (χ1v) is 5.35. The van der Waals surface area contributed by atoms with E-state index in [2.05, 4.69) is 30.3 Å². The van der Waals surface area contributed by atoms with Crippen LogP contribution in [0, 0.1) is 0 Å². The van der Waals surface area contributed by atoms with Crippen LogP contribution < -0.4 is 10.2 Å². The minimum atomic E-state index is 0.371. The standard InChI is InChI=1S/C12H18N2O/c1-8(13-2)9-7-14(3)10-5-4-6-11(15)12(9)10/h4-6,8-9,13,15H,7H2,1-3H3. The molecule has 1 aliphatic heterocycles. The molecule has 1 aromatic rings. The maximum absolute atomic E-state index is 9.91. The van der Waals surface area contributed by atoms with Crippen LogP contribution in [0.1, 0.15) is 18.4 Å². The summed E-state index contributed by atoms with van der Waals surface area (Å²) in [6.07, 6.45) is 0. The Labute approximate surface area is 90.7 Å². The summed E-state index contributed by atoms with van der Waals surface area (Å²) in [5, 5.41) is 13.2. The zero-order valence-corrected chi connectivity index (χ0v) is 9.49. The minimum absolute atomic E-state index is 0.371. The van der Waals surface area contributed by atoms with Crippen molar-refractivity contribution >= 4 is 5.69 Å². The number of nitrogens with one attached hydrogen (secondary N) is 1. The van der Waals surface area contributed by atoms with Gasteiger partial charge in [-0.3, -0.25) is 0 Å². The van der Waals surface area contributed by atoms with Gasteiger partial charge in [0.05, 0.1) is 0 Å². The van der Waals surface area contributed by atoms with E-state index in [1.165, 1.54) is 0 Å². The first-order valence-electron chi connectivity index (χ1n) is 5.35. The van der Waals surface area contributed by atoms with Gasteiger partial charge in [-0.1, -0.05) is 6.07 Å². The maximum atomic E-state index is 9.91. The van der Waals surface area contributed by atoms with E-state index in [4.69, 9.17) is 0 Å². The van der Waals surface area contributed by atoms with Gasteiger partial charge in [0.1, 0.15) is 5.75 Å². The van der Waals surface area contributed by atoms with Crippen molar-refractivity contribution in [2.45, 2.75) is 18.9 Å². The molecule has 0 amide bonds. The molecule has 0 spiro atoms. The first-order chi connectivity index (χ1) is 7.15. The number of hydrogen-bond acceptors (Lipinski definition) is 3. The second kappa shape index (κ2) is 3.74. The molecule has 0 aromatic heterocycles. The highest BCUT2D eigenvalue weighted by molar-refractivity contribution is 5.65. The van der Waals surface area contributed by atoms with Crippen LogP contribution in [-0.4, -0.2) is 31.8 Å². The van der Waals surface area contributed by atoms with Crippen molar-refractivity contribution in [3.8, 4) is 5.75 Å². The molecule has 82 valence electrons. The molecule has 0 saturated heterocycles. The van der Waals surface area contributed by atoms with E-state index >= 15 is 0 Å². The lowest BCUT2D eigenvalue weighted by Gasteiger charge is -2.19. The van der Waals surface area contributed by atoms with Gasteiger partial charge in [-0.2, -0.15) is 0 Å². The second-order valence-electron chi connectivity index (χ2n) is 4.27. The average molecular weight is 206 g/mol. The first kappa shape index (κ1) is 10.3. The van der Waals surface area contributed by atoms with Gasteiger partial charge in [-0.05, 0) is 26.1 Å². The Morgan fingerprint density at radius 1 is 1.53 bits per heavy atom. The summed E-state index contributed by atoms with van der Waals surface area (Å²) in [4.78, 5) is 2.20. The van der Waals surface area contributed by atoms with Crippen LogP contribution in [-0.2, 0) is 0 Å². The lowest BCUT2D eigenvalue weighted by molar-refractivity contribution is 0.448. The molecular weight excluding hydrogens is 188 g/mol. The quantitative estimate of drug-likeness (QED) is 0.770. The summed E-state index contributed by atoms with van der Waals surface area (Å²) in [7, 11) is 4.03. The van der Waals surface area contributed by atoms with Gasteiger partial charge in [0.2, 0.25) is 0 Å². The van der Waals surface area contributed by atoms with Crippen LogP contribution in [0.4, 0.5) is 5.69 Å². The maximum Gasteiger partial charge on any atom is 0.121 e. The second-order valence-corrected chi connectivity index (χ2v) is 4.27. The fourth-order valence-corrected chi connectivity index (χ4v) is 2.35.